The minimum Gasteiger partial charge on any atom is -0.372 e. The van der Waals surface area contributed by atoms with E-state index >= 15 is 0 Å². The highest BCUT2D eigenvalue weighted by Crippen LogP contribution is 2.20. The van der Waals surface area contributed by atoms with Gasteiger partial charge in [0.25, 0.3) is 0 Å². The summed E-state index contributed by atoms with van der Waals surface area (Å²) in [5.41, 5.74) is 2.62. The van der Waals surface area contributed by atoms with Crippen LogP contribution in [-0.2, 0) is 20.1 Å². The van der Waals surface area contributed by atoms with E-state index in [-0.39, 0.29) is 24.0 Å². The summed E-state index contributed by atoms with van der Waals surface area (Å²) in [4.78, 5) is 9.39. The predicted molar refractivity (Wildman–Crippen MR) is 130 cm³/mol. The van der Waals surface area contributed by atoms with Crippen molar-refractivity contribution < 1.29 is 0 Å². The van der Waals surface area contributed by atoms with Crippen molar-refractivity contribution in [2.24, 2.45) is 12.0 Å². The Morgan fingerprint density at radius 2 is 1.83 bits per heavy atom. The molecule has 2 aromatic rings. The first-order valence-electron chi connectivity index (χ1n) is 10.3. The molecule has 0 aliphatic carbocycles. The van der Waals surface area contributed by atoms with Gasteiger partial charge in [-0.25, -0.2) is 4.99 Å². The van der Waals surface area contributed by atoms with Crippen LogP contribution in [0.25, 0.3) is 0 Å². The van der Waals surface area contributed by atoms with Crippen LogP contribution in [0.1, 0.15) is 43.4 Å². The van der Waals surface area contributed by atoms with Crippen LogP contribution in [0, 0.1) is 6.92 Å². The number of aryl methyl sites for hydroxylation is 1. The first-order valence-corrected chi connectivity index (χ1v) is 10.3. The number of guanidine groups is 1. The predicted octanol–water partition coefficient (Wildman–Crippen LogP) is 3.33. The lowest BCUT2D eigenvalue weighted by Gasteiger charge is -2.29. The number of rotatable bonds is 6. The molecule has 3 rings (SSSR count). The molecule has 0 unspecified atom stereocenters. The Bertz CT molecular complexity index is 779. The van der Waals surface area contributed by atoms with Crippen LogP contribution in [0.5, 0.6) is 0 Å². The average molecular weight is 511 g/mol. The summed E-state index contributed by atoms with van der Waals surface area (Å²) in [6, 6.07) is 8.97. The fourth-order valence-corrected chi connectivity index (χ4v) is 3.52. The van der Waals surface area contributed by atoms with Crippen molar-refractivity contribution in [1.82, 2.24) is 25.0 Å². The first-order chi connectivity index (χ1) is 13.6. The fraction of sp³-hybridized carbons (Fsp3) is 0.571. The number of benzene rings is 1. The lowest BCUT2D eigenvalue weighted by atomic mass is 10.1. The van der Waals surface area contributed by atoms with Gasteiger partial charge in [0.1, 0.15) is 12.4 Å². The van der Waals surface area contributed by atoms with Gasteiger partial charge >= 0.3 is 0 Å². The van der Waals surface area contributed by atoms with Gasteiger partial charge in [-0.15, -0.1) is 34.2 Å². The standard InChI is InChI=1S/C21H33N7.HI/c1-5-22-21(23-15-20-25-24-17(2)27(20)4)26(3)16-18-9-11-19(12-10-18)28-13-7-6-8-14-28;/h9-12H,5-8,13-16H2,1-4H3,(H,22,23);1H. The molecule has 1 saturated heterocycles. The molecule has 0 saturated carbocycles. The fourth-order valence-electron chi connectivity index (χ4n) is 3.52. The molecule has 0 radical (unpaired) electrons. The Morgan fingerprint density at radius 3 is 2.41 bits per heavy atom. The molecule has 8 heteroatoms. The van der Waals surface area contributed by atoms with E-state index in [1.807, 2.05) is 18.5 Å². The average Bonchev–Trinajstić information content (AvgIpc) is 3.04. The first kappa shape index (κ1) is 23.4. The van der Waals surface area contributed by atoms with E-state index in [9.17, 15) is 0 Å². The lowest BCUT2D eigenvalue weighted by Crippen LogP contribution is -2.38. The third-order valence-electron chi connectivity index (χ3n) is 5.33. The van der Waals surface area contributed by atoms with Crippen LogP contribution in [0.3, 0.4) is 0 Å². The van der Waals surface area contributed by atoms with Crippen molar-refractivity contribution in [2.75, 3.05) is 31.6 Å². The van der Waals surface area contributed by atoms with Gasteiger partial charge < -0.3 is 19.7 Å². The maximum absolute atomic E-state index is 4.74. The van der Waals surface area contributed by atoms with E-state index in [0.29, 0.717) is 6.54 Å². The summed E-state index contributed by atoms with van der Waals surface area (Å²) in [6.45, 7) is 8.54. The number of aliphatic imine (C=N–C) groups is 1. The van der Waals surface area contributed by atoms with Gasteiger partial charge in [-0.3, -0.25) is 0 Å². The molecule has 0 atom stereocenters. The van der Waals surface area contributed by atoms with Crippen LogP contribution in [0.2, 0.25) is 0 Å². The van der Waals surface area contributed by atoms with Crippen molar-refractivity contribution in [3.05, 3.63) is 41.5 Å². The van der Waals surface area contributed by atoms with Crippen LogP contribution in [0.4, 0.5) is 5.69 Å². The Balaban J connectivity index is 0.00000300. The van der Waals surface area contributed by atoms with E-state index in [1.54, 1.807) is 0 Å². The highest BCUT2D eigenvalue weighted by molar-refractivity contribution is 14.0. The second-order valence-electron chi connectivity index (χ2n) is 7.46. The number of anilines is 1. The second kappa shape index (κ2) is 11.4. The monoisotopic (exact) mass is 511 g/mol. The second-order valence-corrected chi connectivity index (χ2v) is 7.46. The maximum Gasteiger partial charge on any atom is 0.194 e. The molecule has 1 aromatic heterocycles. The number of nitrogens with one attached hydrogen (secondary N) is 1. The van der Waals surface area contributed by atoms with Gasteiger partial charge in [-0.1, -0.05) is 12.1 Å². The molecule has 1 aliphatic rings. The SMILES string of the molecule is CCNC(=NCc1nnc(C)n1C)N(C)Cc1ccc(N2CCCCC2)cc1.I. The lowest BCUT2D eigenvalue weighted by molar-refractivity contribution is 0.476. The highest BCUT2D eigenvalue weighted by Gasteiger charge is 2.12. The Labute approximate surface area is 191 Å². The van der Waals surface area contributed by atoms with Gasteiger partial charge in [-0.05, 0) is 50.8 Å². The minimum absolute atomic E-state index is 0. The zero-order valence-electron chi connectivity index (χ0n) is 18.1. The van der Waals surface area contributed by atoms with Crippen LogP contribution in [-0.4, -0.2) is 52.3 Å². The van der Waals surface area contributed by atoms with Crippen molar-refractivity contribution in [3.63, 3.8) is 0 Å². The van der Waals surface area contributed by atoms with E-state index in [4.69, 9.17) is 4.99 Å². The molecule has 2 heterocycles. The number of hydrogen-bond donors (Lipinski definition) is 1. The quantitative estimate of drug-likeness (QED) is 0.367. The van der Waals surface area contributed by atoms with Crippen LogP contribution in [0.15, 0.2) is 29.3 Å². The number of piperidine rings is 1. The molecule has 29 heavy (non-hydrogen) atoms. The summed E-state index contributed by atoms with van der Waals surface area (Å²) < 4.78 is 1.98. The summed E-state index contributed by atoms with van der Waals surface area (Å²) in [5.74, 6) is 2.65. The molecular weight excluding hydrogens is 477 g/mol. The van der Waals surface area contributed by atoms with Crippen molar-refractivity contribution >= 4 is 35.6 Å². The number of hydrogen-bond acceptors (Lipinski definition) is 4. The molecule has 1 N–H and O–H groups in total. The molecule has 0 bridgehead atoms. The molecule has 1 aliphatic heterocycles. The molecular formula is C21H34IN7. The van der Waals surface area contributed by atoms with Crippen LogP contribution < -0.4 is 10.2 Å². The Hall–Kier alpha value is -1.84. The van der Waals surface area contributed by atoms with E-state index in [0.717, 1.165) is 30.7 Å². The normalized spacial score (nSPS) is 14.5. The molecule has 7 nitrogen and oxygen atoms in total. The summed E-state index contributed by atoms with van der Waals surface area (Å²) in [5, 5.41) is 11.7. The zero-order chi connectivity index (χ0) is 19.9. The van der Waals surface area contributed by atoms with Crippen molar-refractivity contribution in [1.29, 1.82) is 0 Å². The molecule has 1 fully saturated rings. The smallest absolute Gasteiger partial charge is 0.194 e. The van der Waals surface area contributed by atoms with Crippen molar-refractivity contribution in [3.8, 4) is 0 Å². The van der Waals surface area contributed by atoms with Gasteiger partial charge in [0.05, 0.1) is 0 Å². The number of aromatic nitrogens is 3. The molecule has 0 spiro atoms. The third kappa shape index (κ3) is 6.32. The molecule has 160 valence electrons. The maximum atomic E-state index is 4.74. The summed E-state index contributed by atoms with van der Waals surface area (Å²) in [7, 11) is 4.04. The topological polar surface area (TPSA) is 61.6 Å². The largest absolute Gasteiger partial charge is 0.372 e. The van der Waals surface area contributed by atoms with E-state index in [1.165, 1.54) is 43.6 Å². The molecule has 0 amide bonds. The number of nitrogens with zero attached hydrogens (tertiary/aromatic N) is 6. The minimum atomic E-state index is 0. The molecule has 1 aromatic carbocycles. The van der Waals surface area contributed by atoms with E-state index < -0.39 is 0 Å². The van der Waals surface area contributed by atoms with Gasteiger partial charge in [0, 0.05) is 46.0 Å². The zero-order valence-corrected chi connectivity index (χ0v) is 20.4. The van der Waals surface area contributed by atoms with E-state index in [2.05, 4.69) is 63.6 Å². The Kier molecular flexibility index (Phi) is 9.19. The van der Waals surface area contributed by atoms with Crippen molar-refractivity contribution in [2.45, 2.75) is 46.2 Å². The summed E-state index contributed by atoms with van der Waals surface area (Å²) in [6.07, 6.45) is 3.97. The van der Waals surface area contributed by atoms with Gasteiger partial charge in [0.15, 0.2) is 11.8 Å². The van der Waals surface area contributed by atoms with Crippen LogP contribution >= 0.6 is 24.0 Å². The van der Waals surface area contributed by atoms with Gasteiger partial charge in [0.2, 0.25) is 0 Å². The highest BCUT2D eigenvalue weighted by atomic mass is 127. The third-order valence-corrected chi connectivity index (χ3v) is 5.33. The Morgan fingerprint density at radius 1 is 1.14 bits per heavy atom. The summed E-state index contributed by atoms with van der Waals surface area (Å²) >= 11 is 0. The number of halogens is 1. The van der Waals surface area contributed by atoms with Gasteiger partial charge in [-0.2, -0.15) is 0 Å².